The number of fused-ring (bicyclic) bond motifs is 2. The van der Waals surface area contributed by atoms with Crippen molar-refractivity contribution in [3.8, 4) is 57.4 Å². The minimum Gasteiger partial charge on any atom is -0.493 e. The molecule has 216 valence electrons. The first-order chi connectivity index (χ1) is 20.9. The third-order valence-electron chi connectivity index (χ3n) is 6.70. The summed E-state index contributed by atoms with van der Waals surface area (Å²) < 4.78 is 38.1. The molecule has 11 heteroatoms. The highest BCUT2D eigenvalue weighted by molar-refractivity contribution is 5.83. The Bertz CT molecular complexity index is 1930. The molecule has 0 saturated heterocycles. The van der Waals surface area contributed by atoms with Crippen LogP contribution in [0.5, 0.6) is 34.5 Å². The number of hydrogen-bond acceptors (Lipinski definition) is 11. The van der Waals surface area contributed by atoms with Crippen molar-refractivity contribution >= 4 is 21.8 Å². The average molecular weight is 581 g/mol. The highest BCUT2D eigenvalue weighted by Gasteiger charge is 2.15. The van der Waals surface area contributed by atoms with Crippen LogP contribution >= 0.6 is 0 Å². The normalized spacial score (nSPS) is 11.0. The van der Waals surface area contributed by atoms with Crippen LogP contribution in [0, 0.1) is 0 Å². The fourth-order valence-electron chi connectivity index (χ4n) is 4.51. The van der Waals surface area contributed by atoms with E-state index in [1.807, 2.05) is 0 Å². The number of methoxy groups -OCH3 is 4. The lowest BCUT2D eigenvalue weighted by molar-refractivity contribution is 0.355. The first-order valence-electron chi connectivity index (χ1n) is 12.9. The van der Waals surface area contributed by atoms with Gasteiger partial charge in [-0.3, -0.25) is 0 Å². The quantitative estimate of drug-likeness (QED) is 0.215. The van der Waals surface area contributed by atoms with Crippen molar-refractivity contribution in [3.05, 3.63) is 93.6 Å². The smallest absolute Gasteiger partial charge is 0.347 e. The molecule has 0 aliphatic rings. The molecule has 0 fully saturated rings. The van der Waals surface area contributed by atoms with Gasteiger partial charge in [-0.15, -0.1) is 0 Å². The van der Waals surface area contributed by atoms with Gasteiger partial charge in [0.1, 0.15) is 11.5 Å². The highest BCUT2D eigenvalue weighted by Crippen LogP contribution is 2.33. The molecule has 0 atom stereocenters. The van der Waals surface area contributed by atoms with Crippen molar-refractivity contribution in [3.63, 3.8) is 0 Å². The number of ether oxygens (including phenoxy) is 5. The summed E-state index contributed by atoms with van der Waals surface area (Å²) in [4.78, 5) is 34.3. The molecular formula is C32H24N2O9. The Morgan fingerprint density at radius 1 is 0.512 bits per heavy atom. The van der Waals surface area contributed by atoms with Gasteiger partial charge in [0.15, 0.2) is 23.0 Å². The molecule has 0 unspecified atom stereocenters. The molecule has 2 heterocycles. The molecule has 0 radical (unpaired) electrons. The van der Waals surface area contributed by atoms with Crippen molar-refractivity contribution in [2.45, 2.75) is 0 Å². The van der Waals surface area contributed by atoms with E-state index in [9.17, 15) is 9.59 Å². The first-order valence-corrected chi connectivity index (χ1v) is 12.9. The zero-order valence-electron chi connectivity index (χ0n) is 23.5. The monoisotopic (exact) mass is 580 g/mol. The molecular weight excluding hydrogens is 556 g/mol. The average Bonchev–Trinajstić information content (AvgIpc) is 3.04. The van der Waals surface area contributed by atoms with E-state index >= 15 is 0 Å². The van der Waals surface area contributed by atoms with E-state index < -0.39 is 11.3 Å². The van der Waals surface area contributed by atoms with E-state index in [0.717, 1.165) is 0 Å². The molecule has 6 aromatic rings. The fourth-order valence-corrected chi connectivity index (χ4v) is 4.51. The van der Waals surface area contributed by atoms with Gasteiger partial charge in [0, 0.05) is 35.4 Å². The summed E-state index contributed by atoms with van der Waals surface area (Å²) in [5.74, 6) is 3.12. The minimum absolute atomic E-state index is 0.154. The third-order valence-corrected chi connectivity index (χ3v) is 6.70. The van der Waals surface area contributed by atoms with Crippen LogP contribution in [0.2, 0.25) is 0 Å². The van der Waals surface area contributed by atoms with Crippen molar-refractivity contribution in [1.29, 1.82) is 0 Å². The summed E-state index contributed by atoms with van der Waals surface area (Å²) in [5.41, 5.74) is 0.917. The van der Waals surface area contributed by atoms with Crippen LogP contribution in [-0.2, 0) is 0 Å². The van der Waals surface area contributed by atoms with Gasteiger partial charge < -0.3 is 32.5 Å². The number of rotatable bonds is 8. The number of aromatic nitrogens is 2. The van der Waals surface area contributed by atoms with Crippen molar-refractivity contribution in [2.24, 2.45) is 0 Å². The van der Waals surface area contributed by atoms with E-state index in [-0.39, 0.29) is 22.6 Å². The molecule has 0 spiro atoms. The molecule has 43 heavy (non-hydrogen) atoms. The Morgan fingerprint density at radius 2 is 0.860 bits per heavy atom. The number of hydrogen-bond donors (Lipinski definition) is 0. The molecule has 2 aromatic heterocycles. The van der Waals surface area contributed by atoms with Crippen LogP contribution in [0.3, 0.4) is 0 Å². The largest absolute Gasteiger partial charge is 0.493 e. The van der Waals surface area contributed by atoms with Gasteiger partial charge in [-0.05, 0) is 48.5 Å². The molecule has 11 nitrogen and oxygen atoms in total. The van der Waals surface area contributed by atoms with Gasteiger partial charge in [-0.25, -0.2) is 19.6 Å². The van der Waals surface area contributed by atoms with E-state index in [2.05, 4.69) is 9.97 Å². The summed E-state index contributed by atoms with van der Waals surface area (Å²) in [6.07, 6.45) is 0. The second-order valence-electron chi connectivity index (χ2n) is 9.21. The molecule has 0 aliphatic heterocycles. The first kappa shape index (κ1) is 27.3. The molecule has 6 rings (SSSR count). The van der Waals surface area contributed by atoms with Gasteiger partial charge in [0.05, 0.1) is 50.2 Å². The van der Waals surface area contributed by atoms with Crippen molar-refractivity contribution in [2.75, 3.05) is 28.4 Å². The Kier molecular flexibility index (Phi) is 7.12. The zero-order chi connectivity index (χ0) is 30.1. The van der Waals surface area contributed by atoms with Crippen LogP contribution in [-0.4, -0.2) is 38.4 Å². The number of benzene rings is 4. The Hall–Kier alpha value is -5.84. The molecule has 0 amide bonds. The SMILES string of the molecule is COc1cc2nc(-c3ccc(Oc4ccc(-c5nc6cc(OC)c(OC)cc6c(=O)o5)cc4)cc3)oc(=O)c2cc1OC. The lowest BCUT2D eigenvalue weighted by Gasteiger charge is -2.10. The maximum absolute atomic E-state index is 12.6. The fraction of sp³-hybridized carbons (Fsp3) is 0.125. The van der Waals surface area contributed by atoms with Crippen LogP contribution in [0.15, 0.2) is 91.2 Å². The summed E-state index contributed by atoms with van der Waals surface area (Å²) in [6.45, 7) is 0. The topological polar surface area (TPSA) is 132 Å². The summed E-state index contributed by atoms with van der Waals surface area (Å²) >= 11 is 0. The van der Waals surface area contributed by atoms with Crippen LogP contribution < -0.4 is 34.9 Å². The highest BCUT2D eigenvalue weighted by atomic mass is 16.5. The van der Waals surface area contributed by atoms with E-state index in [0.29, 0.717) is 56.7 Å². The number of nitrogens with zero attached hydrogens (tertiary/aromatic N) is 2. The maximum Gasteiger partial charge on any atom is 0.347 e. The van der Waals surface area contributed by atoms with E-state index in [1.54, 1.807) is 60.7 Å². The van der Waals surface area contributed by atoms with Gasteiger partial charge >= 0.3 is 11.3 Å². The summed E-state index contributed by atoms with van der Waals surface area (Å²) in [5, 5.41) is 0.561. The molecule has 0 aliphatic carbocycles. The molecule has 0 bridgehead atoms. The predicted octanol–water partition coefficient (Wildman–Crippen LogP) is 5.85. The second kappa shape index (κ2) is 11.2. The molecule has 0 N–H and O–H groups in total. The van der Waals surface area contributed by atoms with Gasteiger partial charge in [-0.2, -0.15) is 0 Å². The summed E-state index contributed by atoms with van der Waals surface area (Å²) in [6, 6.07) is 20.2. The second-order valence-corrected chi connectivity index (χ2v) is 9.21. The van der Waals surface area contributed by atoms with E-state index in [4.69, 9.17) is 32.5 Å². The van der Waals surface area contributed by atoms with Crippen LogP contribution in [0.1, 0.15) is 0 Å². The Balaban J connectivity index is 1.22. The van der Waals surface area contributed by atoms with Crippen LogP contribution in [0.4, 0.5) is 0 Å². The third kappa shape index (κ3) is 5.19. The lowest BCUT2D eigenvalue weighted by atomic mass is 10.2. The summed E-state index contributed by atoms with van der Waals surface area (Å²) in [7, 11) is 6.00. The zero-order valence-corrected chi connectivity index (χ0v) is 23.5. The molecule has 0 saturated carbocycles. The van der Waals surface area contributed by atoms with Gasteiger partial charge in [0.25, 0.3) is 0 Å². The van der Waals surface area contributed by atoms with Crippen molar-refractivity contribution < 1.29 is 32.5 Å². The molecule has 4 aromatic carbocycles. The van der Waals surface area contributed by atoms with Gasteiger partial charge in [-0.1, -0.05) is 0 Å². The van der Waals surface area contributed by atoms with Crippen LogP contribution in [0.25, 0.3) is 44.7 Å². The van der Waals surface area contributed by atoms with Gasteiger partial charge in [0.2, 0.25) is 11.8 Å². The Labute approximate surface area is 243 Å². The minimum atomic E-state index is -0.544. The predicted molar refractivity (Wildman–Crippen MR) is 158 cm³/mol. The standard InChI is InChI=1S/C32H24N2O9/c1-37-25-13-21-23(15-27(25)39-3)33-29(42-31(21)35)17-5-9-19(10-6-17)41-20-11-7-18(8-12-20)30-34-24-16-28(40-4)26(38-2)14-22(24)32(36)43-30/h5-16H,1-4H3. The Morgan fingerprint density at radius 3 is 1.21 bits per heavy atom. The maximum atomic E-state index is 12.6. The van der Waals surface area contributed by atoms with Crippen molar-refractivity contribution in [1.82, 2.24) is 9.97 Å². The lowest BCUT2D eigenvalue weighted by Crippen LogP contribution is -2.04. The van der Waals surface area contributed by atoms with E-state index in [1.165, 1.54) is 40.6 Å².